The van der Waals surface area contributed by atoms with Gasteiger partial charge in [0.05, 0.1) is 17.4 Å². The average molecular weight is 494 g/mol. The Morgan fingerprint density at radius 1 is 1.18 bits per heavy atom. The molecule has 1 amide bonds. The van der Waals surface area contributed by atoms with Gasteiger partial charge in [-0.1, -0.05) is 11.6 Å². The van der Waals surface area contributed by atoms with Crippen molar-refractivity contribution in [2.24, 2.45) is 5.73 Å². The first-order valence-electron chi connectivity index (χ1n) is 9.22. The van der Waals surface area contributed by atoms with Crippen molar-refractivity contribution in [1.82, 2.24) is 24.7 Å². The highest BCUT2D eigenvalue weighted by atomic mass is 35.5. The summed E-state index contributed by atoms with van der Waals surface area (Å²) in [5.41, 5.74) is 7.73. The van der Waals surface area contributed by atoms with E-state index in [-0.39, 0.29) is 33.7 Å². The first kappa shape index (κ1) is 22.9. The number of aromatic nitrogens is 5. The number of hydrogen-bond acceptors (Lipinski definition) is 7. The van der Waals surface area contributed by atoms with E-state index in [1.807, 2.05) is 0 Å². The average Bonchev–Trinajstić information content (AvgIpc) is 3.20. The van der Waals surface area contributed by atoms with Crippen LogP contribution < -0.4 is 16.2 Å². The fourth-order valence-electron chi connectivity index (χ4n) is 3.05. The normalized spacial score (nSPS) is 11.4. The van der Waals surface area contributed by atoms with Crippen LogP contribution in [-0.4, -0.2) is 30.6 Å². The summed E-state index contributed by atoms with van der Waals surface area (Å²) < 4.78 is 62.4. The Morgan fingerprint density at radius 2 is 1.94 bits per heavy atom. The minimum absolute atomic E-state index is 0.0833. The van der Waals surface area contributed by atoms with E-state index in [9.17, 15) is 22.4 Å². The number of amides is 1. The Balaban J connectivity index is 1.84. The van der Waals surface area contributed by atoms with Gasteiger partial charge in [-0.05, 0) is 30.3 Å². The zero-order valence-electron chi connectivity index (χ0n) is 16.7. The molecule has 0 fully saturated rings. The number of halogens is 5. The Kier molecular flexibility index (Phi) is 5.79. The SMILES string of the molecule is NC(=O)c1c(-c2ccc(Oc3ncnc(N)c3Cl)c(F)c2)nn(-c2cccnc2)c1C(F)(F)F. The Bertz CT molecular complexity index is 1390. The molecule has 174 valence electrons. The predicted octanol–water partition coefficient (Wildman–Crippen LogP) is 4.01. The lowest BCUT2D eigenvalue weighted by atomic mass is 10.0. The van der Waals surface area contributed by atoms with Gasteiger partial charge in [-0.25, -0.2) is 14.1 Å². The van der Waals surface area contributed by atoms with Gasteiger partial charge in [0, 0.05) is 11.8 Å². The summed E-state index contributed by atoms with van der Waals surface area (Å²) in [5, 5.41) is 3.75. The second-order valence-corrected chi connectivity index (χ2v) is 7.06. The van der Waals surface area contributed by atoms with Gasteiger partial charge in [0.25, 0.3) is 5.91 Å². The molecule has 0 aliphatic rings. The summed E-state index contributed by atoms with van der Waals surface area (Å²) in [7, 11) is 0. The molecule has 9 nitrogen and oxygen atoms in total. The van der Waals surface area contributed by atoms with Crippen LogP contribution in [0.15, 0.2) is 49.1 Å². The standard InChI is InChI=1S/C20H12ClF4N7O2/c21-14-17(26)29-8-30-19(14)34-12-4-3-9(6-11(12)22)15-13(18(27)33)16(20(23,24)25)32(31-15)10-2-1-5-28-7-10/h1-8H,(H2,27,33)(H2,26,29,30). The quantitative estimate of drug-likeness (QED) is 0.401. The highest BCUT2D eigenvalue weighted by Gasteiger charge is 2.42. The van der Waals surface area contributed by atoms with Crippen LogP contribution in [0.5, 0.6) is 11.6 Å². The van der Waals surface area contributed by atoms with Crippen LogP contribution in [0.25, 0.3) is 16.9 Å². The molecule has 0 aliphatic carbocycles. The number of nitrogens with two attached hydrogens (primary N) is 2. The van der Waals surface area contributed by atoms with E-state index >= 15 is 0 Å². The summed E-state index contributed by atoms with van der Waals surface area (Å²) in [6.45, 7) is 0. The molecule has 3 aromatic heterocycles. The van der Waals surface area contributed by atoms with E-state index in [1.54, 1.807) is 0 Å². The number of ether oxygens (including phenoxy) is 1. The van der Waals surface area contributed by atoms with Crippen molar-refractivity contribution in [1.29, 1.82) is 0 Å². The largest absolute Gasteiger partial charge is 0.434 e. The van der Waals surface area contributed by atoms with E-state index < -0.39 is 34.9 Å². The van der Waals surface area contributed by atoms with Crippen LogP contribution in [0, 0.1) is 5.82 Å². The summed E-state index contributed by atoms with van der Waals surface area (Å²) in [4.78, 5) is 23.2. The number of nitrogens with zero attached hydrogens (tertiary/aromatic N) is 5. The van der Waals surface area contributed by atoms with E-state index in [4.69, 9.17) is 27.8 Å². The molecule has 4 rings (SSSR count). The first-order chi connectivity index (χ1) is 16.1. The third-order valence-corrected chi connectivity index (χ3v) is 4.84. The number of benzene rings is 1. The smallest absolute Gasteiger partial charge is 0.434 e. The highest BCUT2D eigenvalue weighted by molar-refractivity contribution is 6.34. The van der Waals surface area contributed by atoms with Crippen molar-refractivity contribution in [2.75, 3.05) is 5.73 Å². The first-order valence-corrected chi connectivity index (χ1v) is 9.60. The van der Waals surface area contributed by atoms with Gasteiger partial charge in [-0.15, -0.1) is 0 Å². The lowest BCUT2D eigenvalue weighted by Crippen LogP contribution is -2.21. The van der Waals surface area contributed by atoms with E-state index in [2.05, 4.69) is 20.1 Å². The van der Waals surface area contributed by atoms with Crippen molar-refractivity contribution in [3.63, 3.8) is 0 Å². The van der Waals surface area contributed by atoms with Crippen LogP contribution in [-0.2, 0) is 6.18 Å². The monoisotopic (exact) mass is 493 g/mol. The van der Waals surface area contributed by atoms with Crippen LogP contribution in [0.1, 0.15) is 16.1 Å². The maximum absolute atomic E-state index is 14.8. The third kappa shape index (κ3) is 4.20. The van der Waals surface area contributed by atoms with E-state index in [1.165, 1.54) is 24.4 Å². The molecule has 0 saturated carbocycles. The number of carbonyl (C=O) groups excluding carboxylic acids is 1. The van der Waals surface area contributed by atoms with Gasteiger partial charge in [-0.2, -0.15) is 23.3 Å². The molecule has 1 aromatic carbocycles. The Morgan fingerprint density at radius 3 is 2.56 bits per heavy atom. The number of alkyl halides is 3. The number of nitrogen functional groups attached to an aromatic ring is 1. The second-order valence-electron chi connectivity index (χ2n) is 6.68. The maximum Gasteiger partial charge on any atom is 0.434 e. The van der Waals surface area contributed by atoms with E-state index in [0.717, 1.165) is 24.7 Å². The molecule has 14 heteroatoms. The summed E-state index contributed by atoms with van der Waals surface area (Å²) in [5.74, 6) is -3.12. The molecule has 0 radical (unpaired) electrons. The molecular formula is C20H12ClF4N7O2. The second kappa shape index (κ2) is 8.59. The lowest BCUT2D eigenvalue weighted by molar-refractivity contribution is -0.143. The minimum Gasteiger partial charge on any atom is -0.434 e. The maximum atomic E-state index is 14.8. The van der Waals surface area contributed by atoms with Crippen LogP contribution in [0.3, 0.4) is 0 Å². The number of rotatable bonds is 5. The fourth-order valence-corrected chi connectivity index (χ4v) is 3.19. The molecule has 34 heavy (non-hydrogen) atoms. The highest BCUT2D eigenvalue weighted by Crippen LogP contribution is 2.39. The summed E-state index contributed by atoms with van der Waals surface area (Å²) in [6.07, 6.45) is -1.50. The van der Waals surface area contributed by atoms with Crippen LogP contribution in [0.2, 0.25) is 5.02 Å². The molecular weight excluding hydrogens is 482 g/mol. The van der Waals surface area contributed by atoms with Gasteiger partial charge < -0.3 is 16.2 Å². The van der Waals surface area contributed by atoms with Crippen molar-refractivity contribution in [3.05, 3.63) is 71.2 Å². The van der Waals surface area contributed by atoms with Gasteiger partial charge in [0.15, 0.2) is 17.3 Å². The predicted molar refractivity (Wildman–Crippen MR) is 112 cm³/mol. The third-order valence-electron chi connectivity index (χ3n) is 4.49. The van der Waals surface area contributed by atoms with Crippen molar-refractivity contribution in [3.8, 4) is 28.6 Å². The van der Waals surface area contributed by atoms with Gasteiger partial charge in [-0.3, -0.25) is 9.78 Å². The molecule has 0 aliphatic heterocycles. The molecule has 0 bridgehead atoms. The van der Waals surface area contributed by atoms with Crippen molar-refractivity contribution < 1.29 is 27.1 Å². The summed E-state index contributed by atoms with van der Waals surface area (Å²) >= 11 is 5.93. The molecule has 3 heterocycles. The topological polar surface area (TPSA) is 135 Å². The zero-order valence-corrected chi connectivity index (χ0v) is 17.5. The fraction of sp³-hybridized carbons (Fsp3) is 0.0500. The molecule has 4 N–H and O–H groups in total. The number of primary amides is 1. The lowest BCUT2D eigenvalue weighted by Gasteiger charge is -2.11. The van der Waals surface area contributed by atoms with Crippen LogP contribution in [0.4, 0.5) is 23.4 Å². The Labute approximate surface area is 193 Å². The van der Waals surface area contributed by atoms with E-state index in [0.29, 0.717) is 4.68 Å². The van der Waals surface area contributed by atoms with Gasteiger partial charge in [0.1, 0.15) is 22.9 Å². The van der Waals surface area contributed by atoms with Gasteiger partial charge in [0.2, 0.25) is 5.88 Å². The zero-order chi connectivity index (χ0) is 24.6. The summed E-state index contributed by atoms with van der Waals surface area (Å²) in [6, 6.07) is 5.81. The number of pyridine rings is 1. The molecule has 4 aromatic rings. The molecule has 0 atom stereocenters. The Hall–Kier alpha value is -4.26. The molecule has 0 spiro atoms. The minimum atomic E-state index is -5.02. The van der Waals surface area contributed by atoms with Crippen LogP contribution >= 0.6 is 11.6 Å². The number of carbonyl (C=O) groups is 1. The molecule has 0 saturated heterocycles. The molecule has 0 unspecified atom stereocenters. The van der Waals surface area contributed by atoms with Crippen molar-refractivity contribution in [2.45, 2.75) is 6.18 Å². The van der Waals surface area contributed by atoms with Gasteiger partial charge >= 0.3 is 6.18 Å². The number of hydrogen-bond donors (Lipinski definition) is 2. The number of anilines is 1. The van der Waals surface area contributed by atoms with Crippen molar-refractivity contribution >= 4 is 23.3 Å².